The predicted molar refractivity (Wildman–Crippen MR) is 77.3 cm³/mol. The molecule has 0 aliphatic carbocycles. The Hall–Kier alpha value is -0.890. The van der Waals surface area contributed by atoms with Gasteiger partial charge in [-0.25, -0.2) is 12.7 Å². The molecule has 0 fully saturated rings. The van der Waals surface area contributed by atoms with E-state index in [-0.39, 0.29) is 4.90 Å². The summed E-state index contributed by atoms with van der Waals surface area (Å²) in [6.07, 6.45) is 0.656. The van der Waals surface area contributed by atoms with Crippen molar-refractivity contribution in [2.24, 2.45) is 0 Å². The molecule has 0 aromatic carbocycles. The first-order valence-corrected chi connectivity index (χ1v) is 7.99. The number of ether oxygens (including phenoxy) is 1. The van der Waals surface area contributed by atoms with Crippen LogP contribution in [0.3, 0.4) is 0 Å². The Morgan fingerprint density at radius 3 is 2.50 bits per heavy atom. The largest absolute Gasteiger partial charge is 0.465 e. The zero-order valence-electron chi connectivity index (χ0n) is 12.8. The minimum Gasteiger partial charge on any atom is -0.465 e. The van der Waals surface area contributed by atoms with Crippen molar-refractivity contribution < 1.29 is 17.6 Å². The highest BCUT2D eigenvalue weighted by Crippen LogP contribution is 2.28. The van der Waals surface area contributed by atoms with Crippen LogP contribution in [0.4, 0.5) is 0 Å². The second-order valence-corrected chi connectivity index (χ2v) is 6.71. The molecule has 0 saturated heterocycles. The standard InChI is InChI=1S/C13H24N2O4S/c1-10-12(9-14-3)13(11(2)19-10)20(16,17)15(4)7-6-8-18-5/h14H,6-9H2,1-5H3. The smallest absolute Gasteiger partial charge is 0.246 e. The summed E-state index contributed by atoms with van der Waals surface area (Å²) in [6.45, 7) is 4.88. The van der Waals surface area contributed by atoms with Crippen LogP contribution in [0, 0.1) is 13.8 Å². The number of aryl methyl sites for hydroxylation is 2. The normalized spacial score (nSPS) is 12.3. The van der Waals surface area contributed by atoms with E-state index >= 15 is 0 Å². The van der Waals surface area contributed by atoms with E-state index in [2.05, 4.69) is 5.32 Å². The molecule has 1 aromatic rings. The molecule has 0 amide bonds. The molecule has 0 spiro atoms. The minimum absolute atomic E-state index is 0.282. The molecule has 1 N–H and O–H groups in total. The van der Waals surface area contributed by atoms with Crippen molar-refractivity contribution in [2.75, 3.05) is 34.4 Å². The molecular weight excluding hydrogens is 280 g/mol. The lowest BCUT2D eigenvalue weighted by Gasteiger charge is -2.17. The van der Waals surface area contributed by atoms with Gasteiger partial charge in [0.25, 0.3) is 0 Å². The Bertz CT molecular complexity index is 537. The fourth-order valence-corrected chi connectivity index (χ4v) is 3.75. The second kappa shape index (κ2) is 7.21. The van der Waals surface area contributed by atoms with Crippen LogP contribution in [0.2, 0.25) is 0 Å². The zero-order chi connectivity index (χ0) is 15.3. The summed E-state index contributed by atoms with van der Waals surface area (Å²) in [4.78, 5) is 0.282. The van der Waals surface area contributed by atoms with Crippen LogP contribution in [-0.4, -0.2) is 47.1 Å². The molecule has 1 aromatic heterocycles. The predicted octanol–water partition coefficient (Wildman–Crippen LogP) is 1.27. The van der Waals surface area contributed by atoms with Crippen molar-refractivity contribution in [2.45, 2.75) is 31.7 Å². The fraction of sp³-hybridized carbons (Fsp3) is 0.692. The minimum atomic E-state index is -3.54. The molecule has 1 heterocycles. The Morgan fingerprint density at radius 1 is 1.30 bits per heavy atom. The van der Waals surface area contributed by atoms with Crippen LogP contribution in [0.25, 0.3) is 0 Å². The Labute approximate surface area is 121 Å². The summed E-state index contributed by atoms with van der Waals surface area (Å²) in [5.41, 5.74) is 0.698. The third-order valence-electron chi connectivity index (χ3n) is 3.17. The van der Waals surface area contributed by atoms with Gasteiger partial charge in [0.15, 0.2) is 0 Å². The number of sulfonamides is 1. The average Bonchev–Trinajstić information content (AvgIpc) is 2.65. The Balaban J connectivity index is 3.08. The highest BCUT2D eigenvalue weighted by Gasteiger charge is 2.29. The van der Waals surface area contributed by atoms with Gasteiger partial charge in [0.2, 0.25) is 10.0 Å². The van der Waals surface area contributed by atoms with Crippen molar-refractivity contribution in [1.29, 1.82) is 0 Å². The van der Waals surface area contributed by atoms with Gasteiger partial charge in [0.05, 0.1) is 0 Å². The summed E-state index contributed by atoms with van der Waals surface area (Å²) in [5, 5.41) is 2.98. The van der Waals surface area contributed by atoms with Gasteiger partial charge in [-0.1, -0.05) is 0 Å². The van der Waals surface area contributed by atoms with Gasteiger partial charge in [-0.15, -0.1) is 0 Å². The van der Waals surface area contributed by atoms with Gasteiger partial charge in [-0.2, -0.15) is 0 Å². The van der Waals surface area contributed by atoms with E-state index in [4.69, 9.17) is 9.15 Å². The fourth-order valence-electron chi connectivity index (χ4n) is 2.14. The molecule has 0 aliphatic heterocycles. The molecule has 0 aliphatic rings. The molecule has 1 rings (SSSR count). The lowest BCUT2D eigenvalue weighted by Crippen LogP contribution is -2.30. The molecule has 6 nitrogen and oxygen atoms in total. The third-order valence-corrected chi connectivity index (χ3v) is 5.22. The average molecular weight is 304 g/mol. The maximum absolute atomic E-state index is 12.7. The van der Waals surface area contributed by atoms with Gasteiger partial charge in [-0.05, 0) is 27.3 Å². The first kappa shape index (κ1) is 17.2. The van der Waals surface area contributed by atoms with E-state index in [9.17, 15) is 8.42 Å². The van der Waals surface area contributed by atoms with Gasteiger partial charge in [-0.3, -0.25) is 0 Å². The second-order valence-electron chi connectivity index (χ2n) is 4.73. The summed E-state index contributed by atoms with van der Waals surface area (Å²) in [7, 11) is 1.42. The maximum atomic E-state index is 12.7. The number of hydrogen-bond donors (Lipinski definition) is 1. The van der Waals surface area contributed by atoms with Crippen LogP contribution in [-0.2, 0) is 21.3 Å². The van der Waals surface area contributed by atoms with E-state index < -0.39 is 10.0 Å². The number of methoxy groups -OCH3 is 1. The van der Waals surface area contributed by atoms with Crippen molar-refractivity contribution in [1.82, 2.24) is 9.62 Å². The molecule has 20 heavy (non-hydrogen) atoms. The van der Waals surface area contributed by atoms with Crippen LogP contribution in [0.15, 0.2) is 9.31 Å². The Kier molecular flexibility index (Phi) is 6.19. The number of nitrogens with zero attached hydrogens (tertiary/aromatic N) is 1. The van der Waals surface area contributed by atoms with Crippen LogP contribution in [0.1, 0.15) is 23.5 Å². The number of hydrogen-bond acceptors (Lipinski definition) is 5. The molecular formula is C13H24N2O4S. The molecule has 7 heteroatoms. The number of nitrogens with one attached hydrogen (secondary N) is 1. The summed E-state index contributed by atoms with van der Waals surface area (Å²) < 4.78 is 37.1. The maximum Gasteiger partial charge on any atom is 0.246 e. The number of rotatable bonds is 8. The summed E-state index contributed by atoms with van der Waals surface area (Å²) in [6, 6.07) is 0. The molecule has 0 saturated carbocycles. The van der Waals surface area contributed by atoms with Crippen LogP contribution in [0.5, 0.6) is 0 Å². The summed E-state index contributed by atoms with van der Waals surface area (Å²) in [5.74, 6) is 1.08. The van der Waals surface area contributed by atoms with Crippen molar-refractivity contribution in [3.8, 4) is 0 Å². The first-order valence-electron chi connectivity index (χ1n) is 6.55. The monoisotopic (exact) mass is 304 g/mol. The van der Waals surface area contributed by atoms with Crippen molar-refractivity contribution in [3.63, 3.8) is 0 Å². The van der Waals surface area contributed by atoms with Crippen LogP contribution < -0.4 is 5.32 Å². The highest BCUT2D eigenvalue weighted by atomic mass is 32.2. The third kappa shape index (κ3) is 3.60. The van der Waals surface area contributed by atoms with E-state index in [0.29, 0.717) is 43.2 Å². The SMILES string of the molecule is CNCc1c(C)oc(C)c1S(=O)(=O)N(C)CCCOC. The van der Waals surface area contributed by atoms with Crippen LogP contribution >= 0.6 is 0 Å². The lowest BCUT2D eigenvalue weighted by molar-refractivity contribution is 0.189. The quantitative estimate of drug-likeness (QED) is 0.732. The van der Waals surface area contributed by atoms with Gasteiger partial charge in [0.1, 0.15) is 16.4 Å². The molecule has 0 bridgehead atoms. The molecule has 116 valence electrons. The Morgan fingerprint density at radius 2 is 1.95 bits per heavy atom. The van der Waals surface area contributed by atoms with E-state index in [1.54, 1.807) is 35.1 Å². The zero-order valence-corrected chi connectivity index (χ0v) is 13.6. The molecule has 0 radical (unpaired) electrons. The molecule has 0 atom stereocenters. The van der Waals surface area contributed by atoms with Gasteiger partial charge in [0, 0.05) is 39.4 Å². The molecule has 0 unspecified atom stereocenters. The van der Waals surface area contributed by atoms with E-state index in [1.165, 1.54) is 4.31 Å². The number of furan rings is 1. The van der Waals surface area contributed by atoms with E-state index in [1.807, 2.05) is 0 Å². The lowest BCUT2D eigenvalue weighted by atomic mass is 10.2. The van der Waals surface area contributed by atoms with Gasteiger partial charge >= 0.3 is 0 Å². The van der Waals surface area contributed by atoms with Crippen molar-refractivity contribution in [3.05, 3.63) is 17.1 Å². The highest BCUT2D eigenvalue weighted by molar-refractivity contribution is 7.89. The first-order chi connectivity index (χ1) is 9.36. The van der Waals surface area contributed by atoms with Gasteiger partial charge < -0.3 is 14.5 Å². The topological polar surface area (TPSA) is 71.8 Å². The summed E-state index contributed by atoms with van der Waals surface area (Å²) >= 11 is 0. The van der Waals surface area contributed by atoms with E-state index in [0.717, 1.165) is 0 Å². The van der Waals surface area contributed by atoms with Crippen molar-refractivity contribution >= 4 is 10.0 Å².